The molecule has 1 aromatic heterocycles. The molecule has 0 bridgehead atoms. The third-order valence-electron chi connectivity index (χ3n) is 3.67. The van der Waals surface area contributed by atoms with Crippen molar-refractivity contribution >= 4 is 37.3 Å². The van der Waals surface area contributed by atoms with Gasteiger partial charge in [0.2, 0.25) is 10.0 Å². The molecule has 0 aliphatic heterocycles. The maximum atomic E-state index is 12.5. The van der Waals surface area contributed by atoms with Crippen LogP contribution >= 0.6 is 27.3 Å². The number of thiophene rings is 1. The van der Waals surface area contributed by atoms with Crippen LogP contribution in [0.4, 0.5) is 0 Å². The van der Waals surface area contributed by atoms with Crippen LogP contribution in [0.1, 0.15) is 32.8 Å². The van der Waals surface area contributed by atoms with E-state index in [-0.39, 0.29) is 0 Å². The van der Waals surface area contributed by atoms with Crippen molar-refractivity contribution < 1.29 is 8.42 Å². The Balaban J connectivity index is 2.31. The topological polar surface area (TPSA) is 46.2 Å². The van der Waals surface area contributed by atoms with Crippen molar-refractivity contribution in [2.75, 3.05) is 6.54 Å². The normalized spacial score (nSPS) is 12.5. The Morgan fingerprint density at radius 3 is 2.32 bits per heavy atom. The summed E-state index contributed by atoms with van der Waals surface area (Å²) in [6.07, 6.45) is 0.778. The van der Waals surface area contributed by atoms with E-state index in [9.17, 15) is 8.42 Å². The molecule has 0 radical (unpaired) electrons. The summed E-state index contributed by atoms with van der Waals surface area (Å²) in [5.74, 6) is 0. The van der Waals surface area contributed by atoms with E-state index in [0.29, 0.717) is 6.54 Å². The Morgan fingerprint density at radius 1 is 1.18 bits per heavy atom. The minimum atomic E-state index is -3.41. The van der Waals surface area contributed by atoms with Gasteiger partial charge < -0.3 is 0 Å². The molecule has 120 valence electrons. The van der Waals surface area contributed by atoms with E-state index in [1.807, 2.05) is 42.6 Å². The molecule has 0 unspecified atom stereocenters. The molecule has 22 heavy (non-hydrogen) atoms. The van der Waals surface area contributed by atoms with E-state index < -0.39 is 14.8 Å². The molecule has 1 aromatic carbocycles. The zero-order chi connectivity index (χ0) is 16.4. The van der Waals surface area contributed by atoms with Gasteiger partial charge in [0.25, 0.3) is 0 Å². The molecule has 6 heteroatoms. The molecule has 1 N–H and O–H groups in total. The van der Waals surface area contributed by atoms with Crippen LogP contribution in [0.5, 0.6) is 0 Å². The lowest BCUT2D eigenvalue weighted by Crippen LogP contribution is -2.39. The molecule has 3 nitrogen and oxygen atoms in total. The molecular formula is C16H20BrNO2S2. The van der Waals surface area contributed by atoms with Crippen LogP contribution in [0.25, 0.3) is 10.4 Å². The van der Waals surface area contributed by atoms with Crippen molar-refractivity contribution in [1.29, 1.82) is 0 Å². The highest BCUT2D eigenvalue weighted by molar-refractivity contribution is 9.10. The van der Waals surface area contributed by atoms with E-state index in [1.165, 1.54) is 0 Å². The standard InChI is InChI=1S/C16H20BrNO2S2/c1-4-10-18-22(19,20)16(2,3)13-7-5-12(6-8-13)15-14(17)9-11-21-15/h5-9,11,18H,4,10H2,1-3H3. The van der Waals surface area contributed by atoms with Crippen molar-refractivity contribution in [2.24, 2.45) is 0 Å². The van der Waals surface area contributed by atoms with Gasteiger partial charge in [-0.3, -0.25) is 0 Å². The molecule has 0 fully saturated rings. The minimum Gasteiger partial charge on any atom is -0.214 e. The van der Waals surface area contributed by atoms with Gasteiger partial charge in [-0.2, -0.15) is 0 Å². The van der Waals surface area contributed by atoms with E-state index >= 15 is 0 Å². The summed E-state index contributed by atoms with van der Waals surface area (Å²) >= 11 is 5.18. The first kappa shape index (κ1) is 17.7. The Bertz CT molecular complexity index is 734. The van der Waals surface area contributed by atoms with Crippen LogP contribution in [-0.2, 0) is 14.8 Å². The smallest absolute Gasteiger partial charge is 0.214 e. The highest BCUT2D eigenvalue weighted by atomic mass is 79.9. The van der Waals surface area contributed by atoms with Crippen LogP contribution < -0.4 is 4.72 Å². The van der Waals surface area contributed by atoms with Gasteiger partial charge in [0, 0.05) is 15.9 Å². The molecule has 0 spiro atoms. The lowest BCUT2D eigenvalue weighted by molar-refractivity contribution is 0.539. The maximum Gasteiger partial charge on any atom is 0.221 e. The van der Waals surface area contributed by atoms with Gasteiger partial charge in [-0.05, 0) is 58.8 Å². The third kappa shape index (κ3) is 3.45. The summed E-state index contributed by atoms with van der Waals surface area (Å²) in [7, 11) is -3.41. The molecular weight excluding hydrogens is 382 g/mol. The van der Waals surface area contributed by atoms with Crippen molar-refractivity contribution in [1.82, 2.24) is 4.72 Å². The number of hydrogen-bond acceptors (Lipinski definition) is 3. The highest BCUT2D eigenvalue weighted by Gasteiger charge is 2.35. The van der Waals surface area contributed by atoms with Crippen molar-refractivity contribution in [3.8, 4) is 10.4 Å². The first-order valence-corrected chi connectivity index (χ1v) is 10.3. The Labute approximate surface area is 144 Å². The fourth-order valence-electron chi connectivity index (χ4n) is 2.09. The monoisotopic (exact) mass is 401 g/mol. The Hall–Kier alpha value is -0.690. The second kappa shape index (κ2) is 6.83. The quantitative estimate of drug-likeness (QED) is 0.759. The number of benzene rings is 1. The molecule has 0 aliphatic carbocycles. The van der Waals surface area contributed by atoms with Gasteiger partial charge in [-0.25, -0.2) is 13.1 Å². The predicted octanol–water partition coefficient (Wildman–Crippen LogP) is 4.74. The molecule has 1 heterocycles. The lowest BCUT2D eigenvalue weighted by Gasteiger charge is -2.25. The SMILES string of the molecule is CCCNS(=O)(=O)C(C)(C)c1ccc(-c2sccc2Br)cc1. The van der Waals surface area contributed by atoms with Crippen LogP contribution in [0.3, 0.4) is 0 Å². The van der Waals surface area contributed by atoms with Crippen LogP contribution in [0.2, 0.25) is 0 Å². The first-order valence-electron chi connectivity index (χ1n) is 7.12. The number of hydrogen-bond donors (Lipinski definition) is 1. The Morgan fingerprint density at radius 2 is 1.82 bits per heavy atom. The summed E-state index contributed by atoms with van der Waals surface area (Å²) in [6, 6.07) is 9.75. The Kier molecular flexibility index (Phi) is 5.48. The van der Waals surface area contributed by atoms with Gasteiger partial charge >= 0.3 is 0 Å². The fourth-order valence-corrected chi connectivity index (χ4v) is 4.98. The molecule has 0 saturated carbocycles. The maximum absolute atomic E-state index is 12.5. The fraction of sp³-hybridized carbons (Fsp3) is 0.375. The highest BCUT2D eigenvalue weighted by Crippen LogP contribution is 2.35. The zero-order valence-electron chi connectivity index (χ0n) is 12.9. The molecule has 0 amide bonds. The second-order valence-electron chi connectivity index (χ2n) is 5.58. The molecule has 0 aliphatic rings. The number of rotatable bonds is 6. The summed E-state index contributed by atoms with van der Waals surface area (Å²) in [5, 5.41) is 2.02. The minimum absolute atomic E-state index is 0.464. The van der Waals surface area contributed by atoms with E-state index in [1.54, 1.807) is 25.2 Å². The number of halogens is 1. The molecule has 0 saturated heterocycles. The van der Waals surface area contributed by atoms with Crippen LogP contribution in [0.15, 0.2) is 40.2 Å². The molecule has 0 atom stereocenters. The number of nitrogens with one attached hydrogen (secondary N) is 1. The average Bonchev–Trinajstić information content (AvgIpc) is 2.91. The molecule has 2 aromatic rings. The average molecular weight is 402 g/mol. The van der Waals surface area contributed by atoms with Crippen LogP contribution in [-0.4, -0.2) is 15.0 Å². The lowest BCUT2D eigenvalue weighted by atomic mass is 10.0. The van der Waals surface area contributed by atoms with E-state index in [4.69, 9.17) is 0 Å². The zero-order valence-corrected chi connectivity index (χ0v) is 16.1. The van der Waals surface area contributed by atoms with Gasteiger partial charge in [0.1, 0.15) is 4.75 Å². The summed E-state index contributed by atoms with van der Waals surface area (Å²) in [6.45, 7) is 5.89. The summed E-state index contributed by atoms with van der Waals surface area (Å²) in [4.78, 5) is 1.15. The third-order valence-corrected chi connectivity index (χ3v) is 7.72. The number of sulfonamides is 1. The largest absolute Gasteiger partial charge is 0.221 e. The van der Waals surface area contributed by atoms with E-state index in [2.05, 4.69) is 20.7 Å². The van der Waals surface area contributed by atoms with Gasteiger partial charge in [-0.1, -0.05) is 31.2 Å². The van der Waals surface area contributed by atoms with Crippen LogP contribution in [0, 0.1) is 0 Å². The van der Waals surface area contributed by atoms with Gasteiger partial charge in [-0.15, -0.1) is 11.3 Å². The summed E-state index contributed by atoms with van der Waals surface area (Å²) < 4.78 is 27.7. The van der Waals surface area contributed by atoms with Crippen molar-refractivity contribution in [3.05, 3.63) is 45.7 Å². The molecule has 2 rings (SSSR count). The predicted molar refractivity (Wildman–Crippen MR) is 97.7 cm³/mol. The second-order valence-corrected chi connectivity index (χ2v) is 9.67. The van der Waals surface area contributed by atoms with Crippen molar-refractivity contribution in [2.45, 2.75) is 31.9 Å². The van der Waals surface area contributed by atoms with E-state index in [0.717, 1.165) is 26.9 Å². The van der Waals surface area contributed by atoms with Crippen molar-refractivity contribution in [3.63, 3.8) is 0 Å². The first-order chi connectivity index (χ1) is 10.3. The van der Waals surface area contributed by atoms with Gasteiger partial charge in [0.15, 0.2) is 0 Å². The van der Waals surface area contributed by atoms with Gasteiger partial charge in [0.05, 0.1) is 0 Å². The summed E-state index contributed by atoms with van der Waals surface area (Å²) in [5.41, 5.74) is 1.87.